The van der Waals surface area contributed by atoms with E-state index >= 15 is 0 Å². The summed E-state index contributed by atoms with van der Waals surface area (Å²) in [5.74, 6) is 2.22. The van der Waals surface area contributed by atoms with Crippen molar-refractivity contribution >= 4 is 22.9 Å². The molecule has 184 valence electrons. The summed E-state index contributed by atoms with van der Waals surface area (Å²) in [6.45, 7) is 12.4. The Morgan fingerprint density at radius 1 is 1.06 bits per heavy atom. The first-order valence-electron chi connectivity index (χ1n) is 12.3. The van der Waals surface area contributed by atoms with Gasteiger partial charge in [0.05, 0.1) is 11.0 Å². The molecular weight excluding hydrogens is 440 g/mol. The first-order valence-corrected chi connectivity index (χ1v) is 12.3. The second kappa shape index (κ2) is 11.2. The summed E-state index contributed by atoms with van der Waals surface area (Å²) in [5, 5.41) is 2.94. The van der Waals surface area contributed by atoms with Gasteiger partial charge in [-0.25, -0.2) is 4.98 Å². The molecule has 35 heavy (non-hydrogen) atoms. The van der Waals surface area contributed by atoms with Crippen LogP contribution in [0.15, 0.2) is 65.1 Å². The van der Waals surface area contributed by atoms with E-state index in [0.717, 1.165) is 43.0 Å². The molecule has 7 heteroatoms. The van der Waals surface area contributed by atoms with Gasteiger partial charge in [-0.2, -0.15) is 0 Å². The number of hydrogen-bond acceptors (Lipinski definition) is 5. The predicted octanol–water partition coefficient (Wildman–Crippen LogP) is 5.93. The van der Waals surface area contributed by atoms with Gasteiger partial charge in [0.25, 0.3) is 5.91 Å². The molecule has 0 radical (unpaired) electrons. The normalized spacial score (nSPS) is 11.5. The van der Waals surface area contributed by atoms with Crippen LogP contribution in [0.1, 0.15) is 55.5 Å². The molecule has 1 amide bonds. The zero-order valence-corrected chi connectivity index (χ0v) is 21.0. The largest absolute Gasteiger partial charge is 0.486 e. The third-order valence-electron chi connectivity index (χ3n) is 6.23. The van der Waals surface area contributed by atoms with E-state index in [2.05, 4.69) is 59.6 Å². The van der Waals surface area contributed by atoms with Gasteiger partial charge in [-0.15, -0.1) is 0 Å². The maximum Gasteiger partial charge on any atom is 0.293 e. The van der Waals surface area contributed by atoms with E-state index in [1.165, 1.54) is 5.56 Å². The highest BCUT2D eigenvalue weighted by Crippen LogP contribution is 2.22. The Hall–Kier alpha value is -3.58. The molecule has 0 aliphatic rings. The van der Waals surface area contributed by atoms with E-state index in [-0.39, 0.29) is 18.3 Å². The van der Waals surface area contributed by atoms with Gasteiger partial charge in [-0.05, 0) is 61.0 Å². The number of para-hydroxylation sites is 2. The molecule has 7 nitrogen and oxygen atoms in total. The van der Waals surface area contributed by atoms with Gasteiger partial charge >= 0.3 is 0 Å². The minimum absolute atomic E-state index is 0.223. The molecule has 0 aliphatic heterocycles. The summed E-state index contributed by atoms with van der Waals surface area (Å²) < 4.78 is 13.6. The first-order chi connectivity index (χ1) is 17.0. The lowest BCUT2D eigenvalue weighted by Gasteiger charge is -2.19. The van der Waals surface area contributed by atoms with E-state index in [1.807, 2.05) is 36.4 Å². The number of hydrogen-bond donors (Lipinski definition) is 1. The van der Waals surface area contributed by atoms with Crippen molar-refractivity contribution in [2.75, 3.05) is 25.0 Å². The number of aromatic nitrogens is 2. The highest BCUT2D eigenvalue weighted by molar-refractivity contribution is 6.02. The van der Waals surface area contributed by atoms with Gasteiger partial charge in [0, 0.05) is 13.1 Å². The maximum atomic E-state index is 13.0. The highest BCUT2D eigenvalue weighted by Gasteiger charge is 2.17. The molecule has 0 saturated heterocycles. The minimum Gasteiger partial charge on any atom is -0.486 e. The Bertz CT molecular complexity index is 1250. The topological polar surface area (TPSA) is 72.5 Å². The average Bonchev–Trinajstić information content (AvgIpc) is 3.48. The van der Waals surface area contributed by atoms with Gasteiger partial charge in [0.15, 0.2) is 5.76 Å². The van der Waals surface area contributed by atoms with E-state index in [9.17, 15) is 4.79 Å². The lowest BCUT2D eigenvalue weighted by Crippen LogP contribution is -2.27. The highest BCUT2D eigenvalue weighted by atomic mass is 16.5. The number of amides is 1. The Labute approximate surface area is 206 Å². The quantitative estimate of drug-likeness (QED) is 0.292. The fraction of sp³-hybridized carbons (Fsp3) is 0.357. The van der Waals surface area contributed by atoms with Crippen LogP contribution in [0.3, 0.4) is 0 Å². The minimum atomic E-state index is -0.336. The molecule has 2 aromatic heterocycles. The monoisotopic (exact) mass is 474 g/mol. The first kappa shape index (κ1) is 24.5. The third-order valence-corrected chi connectivity index (χ3v) is 6.23. The smallest absolute Gasteiger partial charge is 0.293 e. The maximum absolute atomic E-state index is 13.0. The number of carbonyl (C=O) groups excluding carboxylic acids is 1. The third kappa shape index (κ3) is 5.92. The van der Waals surface area contributed by atoms with Gasteiger partial charge in [0.2, 0.25) is 5.95 Å². The Morgan fingerprint density at radius 2 is 1.80 bits per heavy atom. The van der Waals surface area contributed by atoms with Crippen LogP contribution in [0.25, 0.3) is 11.0 Å². The Kier molecular flexibility index (Phi) is 7.87. The van der Waals surface area contributed by atoms with E-state index < -0.39 is 0 Å². The fourth-order valence-corrected chi connectivity index (χ4v) is 4.02. The molecule has 0 fully saturated rings. The number of nitrogens with one attached hydrogen (secondary N) is 1. The van der Waals surface area contributed by atoms with Crippen molar-refractivity contribution in [3.63, 3.8) is 0 Å². The molecular formula is C28H34N4O3. The molecule has 1 N–H and O–H groups in total. The van der Waals surface area contributed by atoms with Crippen molar-refractivity contribution in [2.24, 2.45) is 0 Å². The van der Waals surface area contributed by atoms with Crippen LogP contribution in [0.2, 0.25) is 0 Å². The molecule has 2 heterocycles. The molecule has 0 aliphatic carbocycles. The number of carbonyl (C=O) groups is 1. The zero-order chi connectivity index (χ0) is 24.8. The van der Waals surface area contributed by atoms with Gasteiger partial charge in [0.1, 0.15) is 18.1 Å². The van der Waals surface area contributed by atoms with Crippen molar-refractivity contribution in [3.05, 3.63) is 77.7 Å². The van der Waals surface area contributed by atoms with Gasteiger partial charge in [-0.1, -0.05) is 52.0 Å². The standard InChI is InChI=1S/C28H34N4O3/c1-5-31(6-2)17-18-32-25-10-8-7-9-24(25)29-28(32)30-27(33)26-16-15-23(35-26)19-34-22-13-11-21(12-14-22)20(3)4/h7-16,20H,5-6,17-19H2,1-4H3,(H,29,30,33). The van der Waals surface area contributed by atoms with Crippen LogP contribution in [0, 0.1) is 0 Å². The summed E-state index contributed by atoms with van der Waals surface area (Å²) in [7, 11) is 0. The predicted molar refractivity (Wildman–Crippen MR) is 139 cm³/mol. The number of rotatable bonds is 11. The average molecular weight is 475 g/mol. The summed E-state index contributed by atoms with van der Waals surface area (Å²) in [6, 6.07) is 19.4. The van der Waals surface area contributed by atoms with Crippen molar-refractivity contribution in [1.29, 1.82) is 0 Å². The number of furan rings is 1. The van der Waals surface area contributed by atoms with Crippen molar-refractivity contribution in [1.82, 2.24) is 14.5 Å². The van der Waals surface area contributed by atoms with Crippen LogP contribution < -0.4 is 10.1 Å². The van der Waals surface area contributed by atoms with Crippen molar-refractivity contribution in [2.45, 2.75) is 46.8 Å². The molecule has 2 aromatic carbocycles. The number of anilines is 1. The number of fused-ring (bicyclic) bond motifs is 1. The van der Waals surface area contributed by atoms with E-state index in [4.69, 9.17) is 9.15 Å². The molecule has 0 spiro atoms. The molecule has 0 unspecified atom stereocenters. The van der Waals surface area contributed by atoms with Crippen LogP contribution in [-0.2, 0) is 13.2 Å². The Balaban J connectivity index is 1.43. The molecule has 4 aromatic rings. The van der Waals surface area contributed by atoms with Crippen molar-refractivity contribution in [3.8, 4) is 5.75 Å². The lowest BCUT2D eigenvalue weighted by atomic mass is 10.0. The van der Waals surface area contributed by atoms with Crippen LogP contribution in [-0.4, -0.2) is 40.0 Å². The van der Waals surface area contributed by atoms with E-state index in [1.54, 1.807) is 12.1 Å². The van der Waals surface area contributed by atoms with E-state index in [0.29, 0.717) is 17.6 Å². The number of benzene rings is 2. The molecule has 4 rings (SSSR count). The van der Waals surface area contributed by atoms with Gasteiger partial charge in [-0.3, -0.25) is 10.1 Å². The Morgan fingerprint density at radius 3 is 2.51 bits per heavy atom. The number of imidazole rings is 1. The summed E-state index contributed by atoms with van der Waals surface area (Å²) in [4.78, 5) is 20.0. The number of ether oxygens (including phenoxy) is 1. The molecule has 0 saturated carbocycles. The van der Waals surface area contributed by atoms with Crippen LogP contribution in [0.4, 0.5) is 5.95 Å². The summed E-state index contributed by atoms with van der Waals surface area (Å²) in [5.41, 5.74) is 3.10. The number of nitrogens with zero attached hydrogens (tertiary/aromatic N) is 3. The second-order valence-corrected chi connectivity index (χ2v) is 8.84. The molecule has 0 atom stereocenters. The summed E-state index contributed by atoms with van der Waals surface area (Å²) in [6.07, 6.45) is 0. The van der Waals surface area contributed by atoms with Crippen LogP contribution in [0.5, 0.6) is 5.75 Å². The van der Waals surface area contributed by atoms with Crippen LogP contribution >= 0.6 is 0 Å². The van der Waals surface area contributed by atoms with Crippen molar-refractivity contribution < 1.29 is 13.9 Å². The SMILES string of the molecule is CCN(CC)CCn1c(NC(=O)c2ccc(COc3ccc(C(C)C)cc3)o2)nc2ccccc21. The lowest BCUT2D eigenvalue weighted by molar-refractivity contribution is 0.0991. The second-order valence-electron chi connectivity index (χ2n) is 8.84. The zero-order valence-electron chi connectivity index (χ0n) is 21.0. The summed E-state index contributed by atoms with van der Waals surface area (Å²) >= 11 is 0. The number of likely N-dealkylation sites (N-methyl/N-ethyl adjacent to an activating group) is 1. The fourth-order valence-electron chi connectivity index (χ4n) is 4.02. The van der Waals surface area contributed by atoms with Gasteiger partial charge < -0.3 is 18.6 Å². The molecule has 0 bridgehead atoms.